The summed E-state index contributed by atoms with van der Waals surface area (Å²) in [7, 11) is 0. The number of amides is 1. The molecule has 2 atom stereocenters. The molecule has 2 rings (SSSR count). The zero-order valence-corrected chi connectivity index (χ0v) is 11.9. The molecule has 0 bridgehead atoms. The zero-order chi connectivity index (χ0) is 14.0. The number of hydrogen-bond donors (Lipinski definition) is 1. The Bertz CT molecular complexity index is 486. The number of carbonyl (C=O) groups is 2. The number of aromatic nitrogens is 1. The highest BCUT2D eigenvalue weighted by atomic mass is 32.1. The van der Waals surface area contributed by atoms with Crippen LogP contribution >= 0.6 is 11.3 Å². The van der Waals surface area contributed by atoms with E-state index in [2.05, 4.69) is 4.98 Å². The SMILES string of the molecule is Cc1nc(CC(=O)N2CCCC(C)C2C(=O)O)cs1. The number of hydrogen-bond acceptors (Lipinski definition) is 4. The molecule has 2 heterocycles. The van der Waals surface area contributed by atoms with Crippen molar-refractivity contribution in [3.63, 3.8) is 0 Å². The molecule has 104 valence electrons. The summed E-state index contributed by atoms with van der Waals surface area (Å²) < 4.78 is 0. The fourth-order valence-corrected chi connectivity index (χ4v) is 3.20. The second-order valence-electron chi connectivity index (χ2n) is 5.02. The number of aryl methyl sites for hydroxylation is 1. The summed E-state index contributed by atoms with van der Waals surface area (Å²) in [6, 6.07) is -0.694. The lowest BCUT2D eigenvalue weighted by molar-refractivity contribution is -0.154. The van der Waals surface area contributed by atoms with E-state index in [1.165, 1.54) is 16.2 Å². The van der Waals surface area contributed by atoms with E-state index in [9.17, 15) is 14.7 Å². The molecule has 1 aromatic heterocycles. The monoisotopic (exact) mass is 282 g/mol. The number of thiazole rings is 1. The first-order chi connectivity index (χ1) is 8.99. The van der Waals surface area contributed by atoms with Crippen LogP contribution in [-0.2, 0) is 16.0 Å². The molecule has 19 heavy (non-hydrogen) atoms. The first kappa shape index (κ1) is 14.0. The molecule has 0 saturated carbocycles. The van der Waals surface area contributed by atoms with Crippen LogP contribution in [0.15, 0.2) is 5.38 Å². The molecule has 1 aliphatic heterocycles. The van der Waals surface area contributed by atoms with E-state index in [4.69, 9.17) is 0 Å². The van der Waals surface area contributed by atoms with Gasteiger partial charge in [0.2, 0.25) is 5.91 Å². The maximum Gasteiger partial charge on any atom is 0.326 e. The second kappa shape index (κ2) is 5.69. The predicted molar refractivity (Wildman–Crippen MR) is 72.1 cm³/mol. The third-order valence-corrected chi connectivity index (χ3v) is 4.33. The quantitative estimate of drug-likeness (QED) is 0.916. The van der Waals surface area contributed by atoms with Gasteiger partial charge in [0.1, 0.15) is 6.04 Å². The Balaban J connectivity index is 2.09. The summed E-state index contributed by atoms with van der Waals surface area (Å²) in [4.78, 5) is 29.4. The van der Waals surface area contributed by atoms with Crippen molar-refractivity contribution >= 4 is 23.2 Å². The lowest BCUT2D eigenvalue weighted by Crippen LogP contribution is -2.52. The second-order valence-corrected chi connectivity index (χ2v) is 6.09. The van der Waals surface area contributed by atoms with Gasteiger partial charge in [-0.25, -0.2) is 9.78 Å². The van der Waals surface area contributed by atoms with Crippen molar-refractivity contribution in [2.24, 2.45) is 5.92 Å². The van der Waals surface area contributed by atoms with Crippen molar-refractivity contribution < 1.29 is 14.7 Å². The zero-order valence-electron chi connectivity index (χ0n) is 11.1. The van der Waals surface area contributed by atoms with Gasteiger partial charge in [-0.15, -0.1) is 11.3 Å². The Kier molecular flexibility index (Phi) is 4.19. The highest BCUT2D eigenvalue weighted by molar-refractivity contribution is 7.09. The van der Waals surface area contributed by atoms with Crippen LogP contribution in [0.25, 0.3) is 0 Å². The maximum atomic E-state index is 12.3. The topological polar surface area (TPSA) is 70.5 Å². The molecule has 5 nitrogen and oxygen atoms in total. The minimum absolute atomic E-state index is 0.00682. The Morgan fingerprint density at radius 1 is 1.58 bits per heavy atom. The average molecular weight is 282 g/mol. The summed E-state index contributed by atoms with van der Waals surface area (Å²) >= 11 is 1.50. The van der Waals surface area contributed by atoms with Gasteiger partial charge in [0, 0.05) is 11.9 Å². The van der Waals surface area contributed by atoms with E-state index in [0.717, 1.165) is 23.5 Å². The molecular weight excluding hydrogens is 264 g/mol. The van der Waals surface area contributed by atoms with E-state index in [1.54, 1.807) is 0 Å². The fourth-order valence-electron chi connectivity index (χ4n) is 2.59. The van der Waals surface area contributed by atoms with Crippen molar-refractivity contribution in [3.05, 3.63) is 16.1 Å². The summed E-state index contributed by atoms with van der Waals surface area (Å²) in [6.07, 6.45) is 1.92. The van der Waals surface area contributed by atoms with Crippen molar-refractivity contribution in [3.8, 4) is 0 Å². The maximum absolute atomic E-state index is 12.3. The van der Waals surface area contributed by atoms with E-state index >= 15 is 0 Å². The number of rotatable bonds is 3. The van der Waals surface area contributed by atoms with Crippen LogP contribution in [-0.4, -0.2) is 39.5 Å². The summed E-state index contributed by atoms with van der Waals surface area (Å²) in [5, 5.41) is 12.1. The third kappa shape index (κ3) is 3.12. The number of aliphatic carboxylic acids is 1. The Morgan fingerprint density at radius 3 is 2.89 bits per heavy atom. The molecule has 1 saturated heterocycles. The van der Waals surface area contributed by atoms with Crippen molar-refractivity contribution in [1.82, 2.24) is 9.88 Å². The molecule has 1 aromatic rings. The van der Waals surface area contributed by atoms with Gasteiger partial charge in [0.25, 0.3) is 0 Å². The van der Waals surface area contributed by atoms with Gasteiger partial charge in [-0.05, 0) is 25.7 Å². The first-order valence-corrected chi connectivity index (χ1v) is 7.30. The standard InChI is InChI=1S/C13H18N2O3S/c1-8-4-3-5-15(12(8)13(17)18)11(16)6-10-7-19-9(2)14-10/h7-8,12H,3-6H2,1-2H3,(H,17,18). The molecule has 0 spiro atoms. The van der Waals surface area contributed by atoms with Crippen molar-refractivity contribution in [1.29, 1.82) is 0 Å². The van der Waals surface area contributed by atoms with Gasteiger partial charge < -0.3 is 10.0 Å². The van der Waals surface area contributed by atoms with Gasteiger partial charge in [0.15, 0.2) is 0 Å². The van der Waals surface area contributed by atoms with Crippen LogP contribution in [0.2, 0.25) is 0 Å². The number of piperidine rings is 1. The Labute approximate surface area is 116 Å². The number of nitrogens with zero attached hydrogens (tertiary/aromatic N) is 2. The number of carbonyl (C=O) groups excluding carboxylic acids is 1. The van der Waals surface area contributed by atoms with Crippen LogP contribution < -0.4 is 0 Å². The highest BCUT2D eigenvalue weighted by Crippen LogP contribution is 2.24. The van der Waals surface area contributed by atoms with Gasteiger partial charge in [-0.3, -0.25) is 4.79 Å². The molecule has 1 aliphatic rings. The van der Waals surface area contributed by atoms with Crippen LogP contribution in [0.3, 0.4) is 0 Å². The molecule has 1 amide bonds. The smallest absolute Gasteiger partial charge is 0.326 e. The molecule has 2 unspecified atom stereocenters. The van der Waals surface area contributed by atoms with Crippen molar-refractivity contribution in [2.75, 3.05) is 6.54 Å². The van der Waals surface area contributed by atoms with Crippen LogP contribution in [0.4, 0.5) is 0 Å². The average Bonchev–Trinajstić information content (AvgIpc) is 2.73. The highest BCUT2D eigenvalue weighted by Gasteiger charge is 2.36. The van der Waals surface area contributed by atoms with E-state index < -0.39 is 12.0 Å². The third-order valence-electron chi connectivity index (χ3n) is 3.51. The first-order valence-electron chi connectivity index (χ1n) is 6.42. The lowest BCUT2D eigenvalue weighted by atomic mass is 9.90. The lowest BCUT2D eigenvalue weighted by Gasteiger charge is -2.37. The van der Waals surface area contributed by atoms with E-state index in [1.807, 2.05) is 19.2 Å². The van der Waals surface area contributed by atoms with Crippen LogP contribution in [0.5, 0.6) is 0 Å². The van der Waals surface area contributed by atoms with Crippen LogP contribution in [0.1, 0.15) is 30.5 Å². The number of carboxylic acid groups (broad SMARTS) is 1. The van der Waals surface area contributed by atoms with Gasteiger partial charge in [0.05, 0.1) is 17.1 Å². The Morgan fingerprint density at radius 2 is 2.32 bits per heavy atom. The minimum Gasteiger partial charge on any atom is -0.480 e. The molecule has 6 heteroatoms. The summed E-state index contributed by atoms with van der Waals surface area (Å²) in [6.45, 7) is 4.32. The number of carboxylic acids is 1. The fraction of sp³-hybridized carbons (Fsp3) is 0.615. The molecule has 1 N–H and O–H groups in total. The van der Waals surface area contributed by atoms with Gasteiger partial charge >= 0.3 is 5.97 Å². The van der Waals surface area contributed by atoms with Crippen LogP contribution in [0, 0.1) is 12.8 Å². The predicted octanol–water partition coefficient (Wildman–Crippen LogP) is 1.71. The summed E-state index contributed by atoms with van der Waals surface area (Å²) in [5.74, 6) is -1.04. The molecule has 0 radical (unpaired) electrons. The van der Waals surface area contributed by atoms with Gasteiger partial charge in [-0.1, -0.05) is 6.92 Å². The van der Waals surface area contributed by atoms with E-state index in [-0.39, 0.29) is 18.2 Å². The normalized spacial score (nSPS) is 23.4. The number of likely N-dealkylation sites (tertiary alicyclic amines) is 1. The molecule has 0 aliphatic carbocycles. The minimum atomic E-state index is -0.907. The van der Waals surface area contributed by atoms with Crippen molar-refractivity contribution in [2.45, 2.75) is 39.2 Å². The van der Waals surface area contributed by atoms with E-state index in [0.29, 0.717) is 6.54 Å². The molecule has 1 fully saturated rings. The largest absolute Gasteiger partial charge is 0.480 e. The molecular formula is C13H18N2O3S. The summed E-state index contributed by atoms with van der Waals surface area (Å²) in [5.41, 5.74) is 0.731. The Hall–Kier alpha value is -1.43. The molecule has 0 aromatic carbocycles. The van der Waals surface area contributed by atoms with Gasteiger partial charge in [-0.2, -0.15) is 0 Å².